The molecule has 0 aromatic carbocycles. The van der Waals surface area contributed by atoms with Gasteiger partial charge in [-0.25, -0.2) is 0 Å². The van der Waals surface area contributed by atoms with Crippen molar-refractivity contribution in [2.24, 2.45) is 0 Å². The fourth-order valence-electron chi connectivity index (χ4n) is 1.44. The second-order valence-electron chi connectivity index (χ2n) is 3.80. The maximum atomic E-state index is 11.4. The molecule has 0 aliphatic carbocycles. The van der Waals surface area contributed by atoms with E-state index in [9.17, 15) is 12.9 Å². The van der Waals surface area contributed by atoms with Crippen LogP contribution in [-0.4, -0.2) is 33.0 Å². The third-order valence-electron chi connectivity index (χ3n) is 2.34. The Kier molecular flexibility index (Phi) is 14.0. The van der Waals surface area contributed by atoms with Crippen molar-refractivity contribution in [1.82, 2.24) is 0 Å². The average Bonchev–Trinajstić information content (AvgIpc) is 2.22. The molecule has 0 radical (unpaired) electrons. The van der Waals surface area contributed by atoms with Crippen LogP contribution in [0.5, 0.6) is 0 Å². The van der Waals surface area contributed by atoms with E-state index < -0.39 is 10.1 Å². The summed E-state index contributed by atoms with van der Waals surface area (Å²) in [7, 11) is -3.89. The van der Waals surface area contributed by atoms with Gasteiger partial charge in [-0.15, -0.1) is 0 Å². The van der Waals surface area contributed by atoms with Crippen LogP contribution in [0.2, 0.25) is 0 Å². The molecule has 94 valence electrons. The van der Waals surface area contributed by atoms with Crippen LogP contribution in [-0.2, 0) is 14.5 Å². The van der Waals surface area contributed by atoms with Crippen LogP contribution in [0.4, 0.5) is 4.53 Å². The molecule has 0 aliphatic heterocycles. The number of halogens is 1. The Morgan fingerprint density at radius 1 is 0.938 bits per heavy atom. The summed E-state index contributed by atoms with van der Waals surface area (Å²) < 4.78 is 35.4. The van der Waals surface area contributed by atoms with Gasteiger partial charge >= 0.3 is 18.9 Å². The zero-order valence-corrected chi connectivity index (χ0v) is 10.2. The van der Waals surface area contributed by atoms with E-state index in [0.717, 1.165) is 19.3 Å². The van der Waals surface area contributed by atoms with Gasteiger partial charge in [-0.05, 0) is 10.9 Å². The van der Waals surface area contributed by atoms with Gasteiger partial charge in [-0.3, -0.25) is 0 Å². The van der Waals surface area contributed by atoms with Crippen LogP contribution in [0.1, 0.15) is 58.3 Å². The second-order valence-corrected chi connectivity index (χ2v) is 5.45. The van der Waals surface area contributed by atoms with E-state index in [2.05, 4.69) is 11.3 Å². The van der Waals surface area contributed by atoms with E-state index in [1.165, 1.54) is 25.7 Å². The summed E-state index contributed by atoms with van der Waals surface area (Å²) in [5.74, 6) is -0.210. The normalized spacial score (nSPS) is 11.1. The molecule has 0 bridgehead atoms. The van der Waals surface area contributed by atoms with E-state index in [1.807, 2.05) is 0 Å². The summed E-state index contributed by atoms with van der Waals surface area (Å²) in [6, 6.07) is 0. The molecule has 0 amide bonds. The molecular formula is C10H22FLiO3S. The molecule has 16 heavy (non-hydrogen) atoms. The van der Waals surface area contributed by atoms with Gasteiger partial charge in [0.2, 0.25) is 0 Å². The van der Waals surface area contributed by atoms with Crippen molar-refractivity contribution in [3.8, 4) is 0 Å². The zero-order valence-electron chi connectivity index (χ0n) is 9.37. The van der Waals surface area contributed by atoms with Gasteiger partial charge in [0.15, 0.2) is 0 Å². The monoisotopic (exact) mass is 248 g/mol. The van der Waals surface area contributed by atoms with Gasteiger partial charge in [0.05, 0.1) is 5.75 Å². The van der Waals surface area contributed by atoms with Crippen LogP contribution < -0.4 is 0 Å². The topological polar surface area (TPSA) is 43.4 Å². The first-order valence-electron chi connectivity index (χ1n) is 5.65. The van der Waals surface area contributed by atoms with E-state index in [4.69, 9.17) is 0 Å². The Bertz CT molecular complexity index is 232. The molecule has 0 aromatic rings. The molecule has 0 heterocycles. The molecular weight excluding hydrogens is 226 g/mol. The van der Waals surface area contributed by atoms with Crippen molar-refractivity contribution in [3.05, 3.63) is 0 Å². The van der Waals surface area contributed by atoms with Gasteiger partial charge < -0.3 is 0 Å². The zero-order chi connectivity index (χ0) is 11.6. The Balaban J connectivity index is 0. The Labute approximate surface area is 110 Å². The third kappa shape index (κ3) is 12.5. The minimum absolute atomic E-state index is 0. The van der Waals surface area contributed by atoms with Crippen molar-refractivity contribution in [2.75, 3.05) is 5.75 Å². The Morgan fingerprint density at radius 2 is 1.38 bits per heavy atom. The summed E-state index contributed by atoms with van der Waals surface area (Å²) >= 11 is 0. The van der Waals surface area contributed by atoms with Gasteiger partial charge in [-0.2, -0.15) is 8.42 Å². The summed E-state index contributed by atoms with van der Waals surface area (Å²) in [4.78, 5) is 0. The molecule has 0 rings (SSSR count). The molecule has 0 aliphatic rings. The van der Waals surface area contributed by atoms with Crippen LogP contribution >= 0.6 is 0 Å². The Hall–Kier alpha value is 0.437. The van der Waals surface area contributed by atoms with E-state index in [1.54, 1.807) is 0 Å². The van der Waals surface area contributed by atoms with Gasteiger partial charge in [0, 0.05) is 0 Å². The fraction of sp³-hybridized carbons (Fsp3) is 1.00. The van der Waals surface area contributed by atoms with Gasteiger partial charge in [-0.1, -0.05) is 56.3 Å². The van der Waals surface area contributed by atoms with Crippen LogP contribution in [0.25, 0.3) is 0 Å². The number of unbranched alkanes of at least 4 members (excludes halogenated alkanes) is 7. The standard InChI is InChI=1S/C10H21FO3S.Li.H/c1-2-3-4-5-6-7-8-9-10-15(12,13)14-11;;/h2-10H2,1H3;;. The van der Waals surface area contributed by atoms with Crippen molar-refractivity contribution in [1.29, 1.82) is 0 Å². The number of hydrogen-bond acceptors (Lipinski definition) is 3. The Morgan fingerprint density at radius 3 is 1.81 bits per heavy atom. The molecule has 3 nitrogen and oxygen atoms in total. The minimum atomic E-state index is -3.89. The quantitative estimate of drug-likeness (QED) is 0.441. The predicted molar refractivity (Wildman–Crippen MR) is 65.7 cm³/mol. The fourth-order valence-corrected chi connectivity index (χ4v) is 2.06. The molecule has 0 saturated heterocycles. The summed E-state index contributed by atoms with van der Waals surface area (Å²) in [6.45, 7) is 2.17. The van der Waals surface area contributed by atoms with Crippen LogP contribution in [0.15, 0.2) is 0 Å². The third-order valence-corrected chi connectivity index (χ3v) is 3.32. The summed E-state index contributed by atoms with van der Waals surface area (Å²) in [5.41, 5.74) is 0. The van der Waals surface area contributed by atoms with Gasteiger partial charge in [0.25, 0.3) is 10.1 Å². The average molecular weight is 248 g/mol. The molecule has 0 saturated carbocycles. The summed E-state index contributed by atoms with van der Waals surface area (Å²) in [5, 5.41) is 0. The second kappa shape index (κ2) is 11.9. The summed E-state index contributed by atoms with van der Waals surface area (Å²) in [6.07, 6.45) is 8.43. The molecule has 0 spiro atoms. The molecule has 6 heteroatoms. The first-order valence-corrected chi connectivity index (χ1v) is 7.23. The molecule has 0 unspecified atom stereocenters. The van der Waals surface area contributed by atoms with Crippen molar-refractivity contribution in [2.45, 2.75) is 58.3 Å². The molecule has 0 atom stereocenters. The van der Waals surface area contributed by atoms with Crippen LogP contribution in [0.3, 0.4) is 0 Å². The molecule has 0 aromatic heterocycles. The first-order chi connectivity index (χ1) is 7.12. The van der Waals surface area contributed by atoms with Gasteiger partial charge in [0.1, 0.15) is 0 Å². The van der Waals surface area contributed by atoms with E-state index >= 15 is 0 Å². The SMILES string of the molecule is CCCCCCCCCCS(=O)(=O)OF.[LiH]. The first kappa shape index (κ1) is 18.8. The van der Waals surface area contributed by atoms with Crippen molar-refractivity contribution in [3.63, 3.8) is 0 Å². The molecule has 0 fully saturated rings. The van der Waals surface area contributed by atoms with Crippen molar-refractivity contribution >= 4 is 29.0 Å². The predicted octanol–water partition coefficient (Wildman–Crippen LogP) is 2.71. The molecule has 0 N–H and O–H groups in total. The number of rotatable bonds is 10. The van der Waals surface area contributed by atoms with E-state index in [0.29, 0.717) is 6.42 Å². The maximum absolute atomic E-state index is 11.4. The van der Waals surface area contributed by atoms with Crippen molar-refractivity contribution < 1.29 is 17.3 Å². The van der Waals surface area contributed by atoms with Crippen LogP contribution in [0, 0.1) is 0 Å². The van der Waals surface area contributed by atoms with E-state index in [-0.39, 0.29) is 24.6 Å². The number of hydrogen-bond donors (Lipinski definition) is 0.